The zero-order valence-corrected chi connectivity index (χ0v) is 18.9. The summed E-state index contributed by atoms with van der Waals surface area (Å²) in [5.74, 6) is 0.233. The van der Waals surface area contributed by atoms with Crippen molar-refractivity contribution in [3.8, 4) is 11.1 Å². The van der Waals surface area contributed by atoms with Gasteiger partial charge in [0.2, 0.25) is 5.91 Å². The third-order valence-corrected chi connectivity index (χ3v) is 7.32. The minimum absolute atomic E-state index is 0.0244. The molecule has 0 aromatic heterocycles. The molecule has 1 atom stereocenters. The molecule has 2 aliphatic heterocycles. The highest BCUT2D eigenvalue weighted by Gasteiger charge is 2.40. The number of aryl methyl sites for hydroxylation is 2. The van der Waals surface area contributed by atoms with Crippen LogP contribution in [0.5, 0.6) is 0 Å². The lowest BCUT2D eigenvalue weighted by atomic mass is 9.74. The number of nitrogens with zero attached hydrogens (tertiary/aromatic N) is 1. The average molecular weight is 427 g/mol. The van der Waals surface area contributed by atoms with Gasteiger partial charge in [-0.1, -0.05) is 54.1 Å². The first-order chi connectivity index (χ1) is 15.5. The second-order valence-corrected chi connectivity index (χ2v) is 9.63. The van der Waals surface area contributed by atoms with Gasteiger partial charge in [-0.15, -0.1) is 0 Å². The van der Waals surface area contributed by atoms with E-state index >= 15 is 0 Å². The molecule has 2 aliphatic rings. The summed E-state index contributed by atoms with van der Waals surface area (Å²) in [6.45, 7) is 6.44. The van der Waals surface area contributed by atoms with Crippen molar-refractivity contribution in [2.75, 3.05) is 19.6 Å². The number of hydrogen-bond donors (Lipinski definition) is 1. The summed E-state index contributed by atoms with van der Waals surface area (Å²) in [5.41, 5.74) is 5.66. The fourth-order valence-corrected chi connectivity index (χ4v) is 5.59. The molecule has 2 amide bonds. The normalized spacial score (nSPS) is 21.1. The fourth-order valence-electron chi connectivity index (χ4n) is 5.59. The number of carbonyl (C=O) groups is 2. The summed E-state index contributed by atoms with van der Waals surface area (Å²) < 4.78 is 0. The Kier molecular flexibility index (Phi) is 5.24. The second kappa shape index (κ2) is 8.09. The third kappa shape index (κ3) is 3.68. The van der Waals surface area contributed by atoms with Gasteiger partial charge < -0.3 is 10.2 Å². The van der Waals surface area contributed by atoms with Gasteiger partial charge in [0.1, 0.15) is 0 Å². The van der Waals surface area contributed by atoms with E-state index < -0.39 is 0 Å². The summed E-state index contributed by atoms with van der Waals surface area (Å²) in [7, 11) is 0. The SMILES string of the molecule is Cc1ccc(-c2cccc3c(C(=O)N4CCCC5(CCC(=O)NC5)C4)cccc23)c(C)c1. The van der Waals surface area contributed by atoms with Crippen molar-refractivity contribution >= 4 is 22.6 Å². The number of piperidine rings is 2. The van der Waals surface area contributed by atoms with Crippen LogP contribution in [0.2, 0.25) is 0 Å². The maximum absolute atomic E-state index is 13.7. The van der Waals surface area contributed by atoms with Crippen molar-refractivity contribution in [1.29, 1.82) is 0 Å². The highest BCUT2D eigenvalue weighted by atomic mass is 16.2. The van der Waals surface area contributed by atoms with Gasteiger partial charge in [0.25, 0.3) is 5.91 Å². The predicted octanol–water partition coefficient (Wildman–Crippen LogP) is 5.26. The van der Waals surface area contributed by atoms with E-state index in [9.17, 15) is 9.59 Å². The summed E-state index contributed by atoms with van der Waals surface area (Å²) >= 11 is 0. The van der Waals surface area contributed by atoms with E-state index in [1.807, 2.05) is 17.0 Å². The average Bonchev–Trinajstić information content (AvgIpc) is 2.80. The summed E-state index contributed by atoms with van der Waals surface area (Å²) in [4.78, 5) is 27.4. The van der Waals surface area contributed by atoms with E-state index in [1.54, 1.807) is 0 Å². The molecule has 3 aromatic rings. The quantitative estimate of drug-likeness (QED) is 0.608. The van der Waals surface area contributed by atoms with Gasteiger partial charge >= 0.3 is 0 Å². The van der Waals surface area contributed by atoms with E-state index in [1.165, 1.54) is 22.3 Å². The van der Waals surface area contributed by atoms with Crippen LogP contribution in [0, 0.1) is 19.3 Å². The number of nitrogens with one attached hydrogen (secondary N) is 1. The Hall–Kier alpha value is -3.14. The van der Waals surface area contributed by atoms with Crippen LogP contribution < -0.4 is 5.32 Å². The maximum Gasteiger partial charge on any atom is 0.254 e. The predicted molar refractivity (Wildman–Crippen MR) is 129 cm³/mol. The molecule has 2 heterocycles. The fraction of sp³-hybridized carbons (Fsp3) is 0.357. The Labute approximate surface area is 189 Å². The van der Waals surface area contributed by atoms with Crippen LogP contribution in [-0.4, -0.2) is 36.3 Å². The van der Waals surface area contributed by atoms with Gasteiger partial charge in [-0.3, -0.25) is 9.59 Å². The minimum atomic E-state index is 0.0244. The highest BCUT2D eigenvalue weighted by molar-refractivity contribution is 6.10. The molecule has 0 saturated carbocycles. The van der Waals surface area contributed by atoms with Crippen molar-refractivity contribution in [2.24, 2.45) is 5.41 Å². The third-order valence-electron chi connectivity index (χ3n) is 7.32. The molecule has 0 radical (unpaired) electrons. The Balaban J connectivity index is 1.51. The lowest BCUT2D eigenvalue weighted by Gasteiger charge is -2.45. The molecule has 1 N–H and O–H groups in total. The van der Waals surface area contributed by atoms with E-state index in [0.29, 0.717) is 13.0 Å². The van der Waals surface area contributed by atoms with Crippen LogP contribution in [-0.2, 0) is 4.79 Å². The maximum atomic E-state index is 13.7. The van der Waals surface area contributed by atoms with Crippen molar-refractivity contribution in [2.45, 2.75) is 39.5 Å². The Morgan fingerprint density at radius 1 is 0.969 bits per heavy atom. The Morgan fingerprint density at radius 3 is 2.56 bits per heavy atom. The van der Waals surface area contributed by atoms with Crippen LogP contribution >= 0.6 is 0 Å². The highest BCUT2D eigenvalue weighted by Crippen LogP contribution is 2.38. The van der Waals surface area contributed by atoms with Gasteiger partial charge in [0.05, 0.1) is 0 Å². The Bertz CT molecular complexity index is 1200. The zero-order valence-electron chi connectivity index (χ0n) is 18.9. The first-order valence-corrected chi connectivity index (χ1v) is 11.6. The molecule has 2 saturated heterocycles. The van der Waals surface area contributed by atoms with Gasteiger partial charge in [0.15, 0.2) is 0 Å². The van der Waals surface area contributed by atoms with E-state index in [-0.39, 0.29) is 17.2 Å². The van der Waals surface area contributed by atoms with Crippen LogP contribution in [0.3, 0.4) is 0 Å². The molecular weight excluding hydrogens is 396 g/mol. The second-order valence-electron chi connectivity index (χ2n) is 9.63. The number of fused-ring (bicyclic) bond motifs is 1. The smallest absolute Gasteiger partial charge is 0.254 e. The van der Waals surface area contributed by atoms with Gasteiger partial charge in [-0.25, -0.2) is 0 Å². The van der Waals surface area contributed by atoms with Gasteiger partial charge in [0, 0.05) is 37.0 Å². The molecular formula is C28H30N2O2. The zero-order chi connectivity index (χ0) is 22.3. The molecule has 5 rings (SSSR count). The summed E-state index contributed by atoms with van der Waals surface area (Å²) in [6.07, 6.45) is 3.49. The van der Waals surface area contributed by atoms with E-state index in [0.717, 1.165) is 48.7 Å². The molecule has 1 unspecified atom stereocenters. The van der Waals surface area contributed by atoms with Crippen LogP contribution in [0.1, 0.15) is 47.2 Å². The van der Waals surface area contributed by atoms with Crippen molar-refractivity contribution in [3.63, 3.8) is 0 Å². The summed E-state index contributed by atoms with van der Waals surface area (Å²) in [6, 6.07) is 18.9. The van der Waals surface area contributed by atoms with Crippen molar-refractivity contribution in [3.05, 3.63) is 71.3 Å². The van der Waals surface area contributed by atoms with Crippen molar-refractivity contribution < 1.29 is 9.59 Å². The molecule has 3 aromatic carbocycles. The molecule has 0 bridgehead atoms. The first-order valence-electron chi connectivity index (χ1n) is 11.6. The largest absolute Gasteiger partial charge is 0.355 e. The molecule has 164 valence electrons. The van der Waals surface area contributed by atoms with Crippen LogP contribution in [0.25, 0.3) is 21.9 Å². The lowest BCUT2D eigenvalue weighted by Crippen LogP contribution is -2.53. The van der Waals surface area contributed by atoms with Crippen LogP contribution in [0.15, 0.2) is 54.6 Å². The molecule has 32 heavy (non-hydrogen) atoms. The lowest BCUT2D eigenvalue weighted by molar-refractivity contribution is -0.125. The minimum Gasteiger partial charge on any atom is -0.355 e. The Morgan fingerprint density at radius 2 is 1.78 bits per heavy atom. The first kappa shape index (κ1) is 20.7. The number of likely N-dealkylation sites (tertiary alicyclic amines) is 1. The molecule has 2 fully saturated rings. The number of rotatable bonds is 2. The number of carbonyl (C=O) groups excluding carboxylic acids is 2. The van der Waals surface area contributed by atoms with Gasteiger partial charge in [-0.2, -0.15) is 0 Å². The van der Waals surface area contributed by atoms with E-state index in [2.05, 4.69) is 61.6 Å². The monoisotopic (exact) mass is 426 g/mol. The molecule has 4 nitrogen and oxygen atoms in total. The van der Waals surface area contributed by atoms with Crippen molar-refractivity contribution in [1.82, 2.24) is 10.2 Å². The molecule has 0 aliphatic carbocycles. The van der Waals surface area contributed by atoms with Crippen LogP contribution in [0.4, 0.5) is 0 Å². The number of hydrogen-bond acceptors (Lipinski definition) is 2. The molecule has 4 heteroatoms. The summed E-state index contributed by atoms with van der Waals surface area (Å²) in [5, 5.41) is 5.15. The van der Waals surface area contributed by atoms with E-state index in [4.69, 9.17) is 0 Å². The number of amides is 2. The standard InChI is InChI=1S/C28H30N2O2/c1-19-10-11-21(20(2)16-19)22-6-3-8-24-23(22)7-4-9-25(24)27(32)30-15-5-13-28(18-30)14-12-26(31)29-17-28/h3-4,6-11,16H,5,12-15,17-18H2,1-2H3,(H,29,31). The topological polar surface area (TPSA) is 49.4 Å². The number of benzene rings is 3. The van der Waals surface area contributed by atoms with Gasteiger partial charge in [-0.05, 0) is 66.6 Å². The molecule has 1 spiro atoms.